The van der Waals surface area contributed by atoms with Crippen LogP contribution in [-0.4, -0.2) is 28.4 Å². The lowest BCUT2D eigenvalue weighted by Crippen LogP contribution is -2.17. The van der Waals surface area contributed by atoms with Gasteiger partial charge < -0.3 is 5.32 Å². The number of nitrogens with zero attached hydrogens (tertiary/aromatic N) is 4. The van der Waals surface area contributed by atoms with Gasteiger partial charge in [0, 0.05) is 35.8 Å². The Kier molecular flexibility index (Phi) is 7.50. The van der Waals surface area contributed by atoms with Gasteiger partial charge >= 0.3 is 0 Å². The van der Waals surface area contributed by atoms with E-state index < -0.39 is 38.1 Å². The molecule has 0 aliphatic rings. The van der Waals surface area contributed by atoms with Gasteiger partial charge in [-0.15, -0.1) is 11.3 Å². The van der Waals surface area contributed by atoms with Crippen molar-refractivity contribution >= 4 is 38.7 Å². The number of anilines is 3. The zero-order chi connectivity index (χ0) is 28.4. The van der Waals surface area contributed by atoms with Crippen molar-refractivity contribution in [3.05, 3.63) is 95.6 Å². The van der Waals surface area contributed by atoms with Gasteiger partial charge in [-0.1, -0.05) is 19.9 Å². The summed E-state index contributed by atoms with van der Waals surface area (Å²) in [6.07, 6.45) is 4.84. The first-order valence-corrected chi connectivity index (χ1v) is 14.2. The van der Waals surface area contributed by atoms with E-state index in [1.54, 1.807) is 36.8 Å². The zero-order valence-corrected chi connectivity index (χ0v) is 22.7. The monoisotopic (exact) mass is 582 g/mol. The molecule has 0 spiro atoms. The van der Waals surface area contributed by atoms with Crippen LogP contribution in [0.4, 0.5) is 30.5 Å². The molecule has 5 aromatic rings. The van der Waals surface area contributed by atoms with Crippen molar-refractivity contribution in [3.63, 3.8) is 0 Å². The summed E-state index contributed by atoms with van der Waals surface area (Å²) < 4.78 is 70.8. The molecule has 0 aliphatic carbocycles. The number of aromatic nitrogens is 4. The highest BCUT2D eigenvalue weighted by Gasteiger charge is 2.26. The number of sulfonamides is 1. The number of hydrogen-bond donors (Lipinski definition) is 2. The third kappa shape index (κ3) is 5.65. The lowest BCUT2D eigenvalue weighted by Gasteiger charge is -2.12. The maximum Gasteiger partial charge on any atom is 0.267 e. The highest BCUT2D eigenvalue weighted by Crippen LogP contribution is 2.40. The predicted octanol–water partition coefficient (Wildman–Crippen LogP) is 6.75. The number of pyridine rings is 1. The molecule has 0 fully saturated rings. The third-order valence-corrected chi connectivity index (χ3v) is 8.43. The molecule has 8 nitrogen and oxygen atoms in total. The molecule has 0 saturated heterocycles. The van der Waals surface area contributed by atoms with Crippen molar-refractivity contribution in [1.29, 1.82) is 0 Å². The van der Waals surface area contributed by atoms with Crippen molar-refractivity contribution < 1.29 is 21.6 Å². The minimum absolute atomic E-state index is 0.0520. The van der Waals surface area contributed by atoms with Gasteiger partial charge in [0.15, 0.2) is 4.90 Å². The summed E-state index contributed by atoms with van der Waals surface area (Å²) in [6, 6.07) is 11.6. The Morgan fingerprint density at radius 2 is 1.60 bits per heavy atom. The lowest BCUT2D eigenvalue weighted by molar-refractivity contribution is 0.521. The van der Waals surface area contributed by atoms with E-state index in [1.165, 1.54) is 23.5 Å². The van der Waals surface area contributed by atoms with Gasteiger partial charge in [0.2, 0.25) is 5.95 Å². The molecule has 2 N–H and O–H groups in total. The summed E-state index contributed by atoms with van der Waals surface area (Å²) in [7, 11) is -4.79. The quantitative estimate of drug-likeness (QED) is 0.208. The molecule has 40 heavy (non-hydrogen) atoms. The Morgan fingerprint density at radius 1 is 0.875 bits per heavy atom. The van der Waals surface area contributed by atoms with E-state index >= 15 is 0 Å². The zero-order valence-electron chi connectivity index (χ0n) is 21.1. The van der Waals surface area contributed by atoms with E-state index in [0.29, 0.717) is 27.8 Å². The molecule has 0 amide bonds. The highest BCUT2D eigenvalue weighted by atomic mass is 32.2. The van der Waals surface area contributed by atoms with E-state index in [9.17, 15) is 21.6 Å². The van der Waals surface area contributed by atoms with Crippen LogP contribution in [0.3, 0.4) is 0 Å². The maximum atomic E-state index is 14.8. The SMILES string of the molecule is CC(C)c1nc(-c2ccc(F)c(NS(=O)(=O)c3c(F)cccc3F)c2)c(-c2ccnc(Nc3ccncc3)n2)s1. The van der Waals surface area contributed by atoms with Crippen molar-refractivity contribution in [2.45, 2.75) is 24.7 Å². The average molecular weight is 583 g/mol. The van der Waals surface area contributed by atoms with Gasteiger partial charge in [-0.05, 0) is 48.5 Å². The molecule has 0 saturated carbocycles. The van der Waals surface area contributed by atoms with Crippen LogP contribution in [0.25, 0.3) is 21.8 Å². The number of nitrogens with one attached hydrogen (secondary N) is 2. The van der Waals surface area contributed by atoms with Gasteiger partial charge in [0.1, 0.15) is 17.5 Å². The molecule has 0 bridgehead atoms. The molecule has 3 aromatic heterocycles. The number of benzene rings is 2. The average Bonchev–Trinajstić information content (AvgIpc) is 3.36. The first-order valence-electron chi connectivity index (χ1n) is 11.9. The van der Waals surface area contributed by atoms with Crippen LogP contribution in [0, 0.1) is 17.5 Å². The van der Waals surface area contributed by atoms with Crippen molar-refractivity contribution in [1.82, 2.24) is 19.9 Å². The smallest absolute Gasteiger partial charge is 0.267 e. The molecule has 0 atom stereocenters. The Labute approximate surface area is 232 Å². The molecule has 0 unspecified atom stereocenters. The van der Waals surface area contributed by atoms with Gasteiger partial charge in [-0.2, -0.15) is 0 Å². The molecule has 0 radical (unpaired) electrons. The summed E-state index contributed by atoms with van der Waals surface area (Å²) in [6.45, 7) is 3.94. The minimum atomic E-state index is -4.79. The van der Waals surface area contributed by atoms with Gasteiger partial charge in [0.25, 0.3) is 10.0 Å². The topological polar surface area (TPSA) is 110 Å². The second-order valence-electron chi connectivity index (χ2n) is 8.86. The van der Waals surface area contributed by atoms with E-state index in [0.717, 1.165) is 35.0 Å². The molecular weight excluding hydrogens is 561 g/mol. The standard InChI is InChI=1S/C27H21F3N6O2S2/c1-15(2)26-35-23(24(39-26)21-10-13-32-27(34-21)33-17-8-11-31-12-9-17)16-6-7-18(28)22(14-16)36-40(37,38)25-19(29)4-3-5-20(25)30/h3-15,36H,1-2H3,(H,31,32,33,34). The largest absolute Gasteiger partial charge is 0.324 e. The highest BCUT2D eigenvalue weighted by molar-refractivity contribution is 7.92. The summed E-state index contributed by atoms with van der Waals surface area (Å²) in [5, 5.41) is 3.87. The van der Waals surface area contributed by atoms with Crippen LogP contribution in [-0.2, 0) is 10.0 Å². The lowest BCUT2D eigenvalue weighted by atomic mass is 10.1. The van der Waals surface area contributed by atoms with Crippen LogP contribution in [0.5, 0.6) is 0 Å². The number of rotatable bonds is 8. The normalized spacial score (nSPS) is 11.6. The molecular formula is C27H21F3N6O2S2. The Balaban J connectivity index is 1.55. The molecule has 2 aromatic carbocycles. The van der Waals surface area contributed by atoms with Crippen LogP contribution >= 0.6 is 11.3 Å². The van der Waals surface area contributed by atoms with E-state index in [-0.39, 0.29) is 5.92 Å². The van der Waals surface area contributed by atoms with Crippen LogP contribution < -0.4 is 10.0 Å². The van der Waals surface area contributed by atoms with Crippen LogP contribution in [0.1, 0.15) is 24.8 Å². The van der Waals surface area contributed by atoms with Crippen molar-refractivity contribution in [2.75, 3.05) is 10.0 Å². The minimum Gasteiger partial charge on any atom is -0.324 e. The molecule has 3 heterocycles. The first-order chi connectivity index (χ1) is 19.1. The molecule has 204 valence electrons. The summed E-state index contributed by atoms with van der Waals surface area (Å²) in [5.41, 5.74) is 1.58. The number of halogens is 3. The summed E-state index contributed by atoms with van der Waals surface area (Å²) >= 11 is 1.38. The fourth-order valence-electron chi connectivity index (χ4n) is 3.75. The summed E-state index contributed by atoms with van der Waals surface area (Å²) in [4.78, 5) is 17.0. The number of hydrogen-bond acceptors (Lipinski definition) is 8. The summed E-state index contributed by atoms with van der Waals surface area (Å²) in [5.74, 6) is -3.15. The van der Waals surface area contributed by atoms with E-state index in [1.807, 2.05) is 18.6 Å². The third-order valence-electron chi connectivity index (χ3n) is 5.63. The molecule has 5 rings (SSSR count). The van der Waals surface area contributed by atoms with Crippen LogP contribution in [0.15, 0.2) is 78.1 Å². The fraction of sp³-hybridized carbons (Fsp3) is 0.111. The second kappa shape index (κ2) is 11.0. The molecule has 0 aliphatic heterocycles. The van der Waals surface area contributed by atoms with Gasteiger partial charge in [-0.25, -0.2) is 36.5 Å². The molecule has 13 heteroatoms. The predicted molar refractivity (Wildman–Crippen MR) is 147 cm³/mol. The van der Waals surface area contributed by atoms with Crippen LogP contribution in [0.2, 0.25) is 0 Å². The Hall–Kier alpha value is -4.36. The van der Waals surface area contributed by atoms with Gasteiger partial charge in [0.05, 0.1) is 27.0 Å². The second-order valence-corrected chi connectivity index (χ2v) is 11.5. The first kappa shape index (κ1) is 27.2. The van der Waals surface area contributed by atoms with Gasteiger partial charge in [-0.3, -0.25) is 9.71 Å². The Morgan fingerprint density at radius 3 is 2.30 bits per heavy atom. The Bertz CT molecular complexity index is 1780. The van der Waals surface area contributed by atoms with Crippen molar-refractivity contribution in [2.24, 2.45) is 0 Å². The number of thiazole rings is 1. The van der Waals surface area contributed by atoms with Crippen molar-refractivity contribution in [3.8, 4) is 21.8 Å². The van der Waals surface area contributed by atoms with E-state index in [4.69, 9.17) is 4.98 Å². The maximum absolute atomic E-state index is 14.8. The van der Waals surface area contributed by atoms with E-state index in [2.05, 4.69) is 20.3 Å². The fourth-order valence-corrected chi connectivity index (χ4v) is 6.01.